The molecule has 0 aliphatic carbocycles. The molecule has 4 N–H and O–H groups in total. The molecule has 3 heterocycles. The molecule has 0 saturated heterocycles. The van der Waals surface area contributed by atoms with E-state index in [-0.39, 0.29) is 49.7 Å². The van der Waals surface area contributed by atoms with Crippen LogP contribution in [0.4, 0.5) is 0 Å². The lowest BCUT2D eigenvalue weighted by Gasteiger charge is -2.32. The Kier molecular flexibility index (Phi) is 12.5. The van der Waals surface area contributed by atoms with Crippen LogP contribution in [-0.2, 0) is 38.1 Å². The first-order valence-corrected chi connectivity index (χ1v) is 14.2. The number of aliphatic hydroxyl groups is 2. The summed E-state index contributed by atoms with van der Waals surface area (Å²) < 4.78 is 22.5. The van der Waals surface area contributed by atoms with Crippen LogP contribution in [0.3, 0.4) is 0 Å². The predicted octanol–water partition coefficient (Wildman–Crippen LogP) is 0.630. The van der Waals surface area contributed by atoms with Crippen LogP contribution in [-0.4, -0.2) is 95.9 Å². The molecule has 0 radical (unpaired) electrons. The monoisotopic (exact) mass is 590 g/mol. The number of carbonyl (C=O) groups excluding carboxylic acids is 4. The summed E-state index contributed by atoms with van der Waals surface area (Å²) in [6.45, 7) is 6.32. The lowest BCUT2D eigenvalue weighted by atomic mass is 9.99. The highest BCUT2D eigenvalue weighted by molar-refractivity contribution is 5.85. The van der Waals surface area contributed by atoms with E-state index in [1.54, 1.807) is 48.6 Å². The summed E-state index contributed by atoms with van der Waals surface area (Å²) in [5.41, 5.74) is 0. The first-order valence-electron chi connectivity index (χ1n) is 14.2. The number of cyclic esters (lactones) is 2. The number of nitrogens with one attached hydrogen (secondary N) is 2. The molecule has 42 heavy (non-hydrogen) atoms. The molecular formula is C30H42N2O10. The van der Waals surface area contributed by atoms with Crippen LogP contribution >= 0.6 is 0 Å². The largest absolute Gasteiger partial charge is 0.461 e. The quantitative estimate of drug-likeness (QED) is 0.232. The van der Waals surface area contributed by atoms with E-state index in [9.17, 15) is 29.4 Å². The highest BCUT2D eigenvalue weighted by Crippen LogP contribution is 2.22. The third-order valence-corrected chi connectivity index (χ3v) is 7.19. The van der Waals surface area contributed by atoms with Crippen LogP contribution in [0.25, 0.3) is 0 Å². The second-order valence-electron chi connectivity index (χ2n) is 10.9. The Hall–Kier alpha value is -3.32. The van der Waals surface area contributed by atoms with Gasteiger partial charge in [0.2, 0.25) is 11.8 Å². The second-order valence-corrected chi connectivity index (χ2v) is 10.9. The van der Waals surface area contributed by atoms with Crippen LogP contribution in [0.1, 0.15) is 40.5 Å². The van der Waals surface area contributed by atoms with Crippen molar-refractivity contribution in [1.82, 2.24) is 10.6 Å². The Balaban J connectivity index is 1.70. The Morgan fingerprint density at radius 3 is 1.38 bits per heavy atom. The van der Waals surface area contributed by atoms with Crippen molar-refractivity contribution in [3.8, 4) is 0 Å². The molecule has 0 saturated carbocycles. The third-order valence-electron chi connectivity index (χ3n) is 7.19. The number of hydrogen-bond acceptors (Lipinski definition) is 10. The van der Waals surface area contributed by atoms with Gasteiger partial charge in [-0.3, -0.25) is 9.59 Å². The summed E-state index contributed by atoms with van der Waals surface area (Å²) in [4.78, 5) is 49.8. The fourth-order valence-corrected chi connectivity index (χ4v) is 4.52. The summed E-state index contributed by atoms with van der Waals surface area (Å²) in [5.74, 6) is -2.47. The molecular weight excluding hydrogens is 548 g/mol. The molecule has 0 aromatic rings. The van der Waals surface area contributed by atoms with Gasteiger partial charge in [-0.25, -0.2) is 9.59 Å². The summed E-state index contributed by atoms with van der Waals surface area (Å²) in [7, 11) is 0. The van der Waals surface area contributed by atoms with E-state index in [1.807, 2.05) is 13.8 Å². The van der Waals surface area contributed by atoms with Crippen LogP contribution in [0.2, 0.25) is 0 Å². The van der Waals surface area contributed by atoms with E-state index >= 15 is 0 Å². The van der Waals surface area contributed by atoms with Gasteiger partial charge >= 0.3 is 11.9 Å². The van der Waals surface area contributed by atoms with E-state index in [0.29, 0.717) is 0 Å². The molecule has 4 bridgehead atoms. The van der Waals surface area contributed by atoms with Gasteiger partial charge in [-0.1, -0.05) is 62.5 Å². The van der Waals surface area contributed by atoms with Gasteiger partial charge in [-0.15, -0.1) is 0 Å². The van der Waals surface area contributed by atoms with Crippen molar-refractivity contribution < 1.29 is 48.3 Å². The van der Waals surface area contributed by atoms with E-state index in [2.05, 4.69) is 10.6 Å². The maximum atomic E-state index is 12.5. The zero-order valence-corrected chi connectivity index (χ0v) is 24.4. The number of esters is 2. The maximum absolute atomic E-state index is 12.5. The van der Waals surface area contributed by atoms with Crippen LogP contribution in [0.15, 0.2) is 48.6 Å². The normalized spacial score (nSPS) is 39.3. The smallest absolute Gasteiger partial charge is 0.328 e. The fourth-order valence-electron chi connectivity index (χ4n) is 4.52. The van der Waals surface area contributed by atoms with Gasteiger partial charge in [0.1, 0.15) is 49.7 Å². The van der Waals surface area contributed by atoms with Crippen LogP contribution < -0.4 is 10.6 Å². The number of rotatable bonds is 0. The minimum atomic E-state index is -0.984. The van der Waals surface area contributed by atoms with Gasteiger partial charge in [-0.05, 0) is 13.8 Å². The minimum absolute atomic E-state index is 0.00794. The summed E-state index contributed by atoms with van der Waals surface area (Å²) in [6.07, 6.45) is 8.95. The fraction of sp³-hybridized carbons (Fsp3) is 0.600. The van der Waals surface area contributed by atoms with Gasteiger partial charge in [0.25, 0.3) is 0 Å². The first-order chi connectivity index (χ1) is 19.9. The molecule has 0 aromatic heterocycles. The van der Waals surface area contributed by atoms with Gasteiger partial charge in [-0.2, -0.15) is 0 Å². The Labute approximate surface area is 245 Å². The van der Waals surface area contributed by atoms with Crippen molar-refractivity contribution in [3.63, 3.8) is 0 Å². The number of hydrogen-bond donors (Lipinski definition) is 4. The zero-order chi connectivity index (χ0) is 30.8. The molecule has 3 aliphatic heterocycles. The van der Waals surface area contributed by atoms with E-state index in [4.69, 9.17) is 18.9 Å². The van der Waals surface area contributed by atoms with Gasteiger partial charge in [0, 0.05) is 24.7 Å². The topological polar surface area (TPSA) is 170 Å². The molecule has 12 nitrogen and oxygen atoms in total. The predicted molar refractivity (Wildman–Crippen MR) is 151 cm³/mol. The van der Waals surface area contributed by atoms with E-state index in [1.165, 1.54) is 13.8 Å². The average molecular weight is 591 g/mol. The highest BCUT2D eigenvalue weighted by Gasteiger charge is 2.31. The van der Waals surface area contributed by atoms with Crippen molar-refractivity contribution in [2.24, 2.45) is 11.8 Å². The van der Waals surface area contributed by atoms with E-state index in [0.717, 1.165) is 0 Å². The van der Waals surface area contributed by atoms with Crippen molar-refractivity contribution in [2.75, 3.05) is 13.2 Å². The van der Waals surface area contributed by atoms with Gasteiger partial charge in [0.15, 0.2) is 0 Å². The Morgan fingerprint density at radius 1 is 0.619 bits per heavy atom. The van der Waals surface area contributed by atoms with Crippen LogP contribution in [0.5, 0.6) is 0 Å². The molecule has 0 fully saturated rings. The van der Waals surface area contributed by atoms with Crippen molar-refractivity contribution in [1.29, 1.82) is 0 Å². The molecule has 0 spiro atoms. The lowest BCUT2D eigenvalue weighted by Crippen LogP contribution is -2.44. The van der Waals surface area contributed by atoms with Crippen molar-refractivity contribution in [3.05, 3.63) is 48.6 Å². The summed E-state index contributed by atoms with van der Waals surface area (Å²) >= 11 is 0. The van der Waals surface area contributed by atoms with Crippen LogP contribution in [0, 0.1) is 11.8 Å². The number of carbonyl (C=O) groups is 4. The SMILES string of the molecule is C[C@@H]1NC(=O)C/C=C/[C@@H](C)[C@@H]2C=C[C@H](O)[C@@H](COC(=O)[C@H](C)NC(=O)C/C=C/[C@@H](C)[C@@H]3C=C[C@H](O)[C@@H](COC1=O)O3)O2. The number of aliphatic hydroxyl groups excluding tert-OH is 2. The van der Waals surface area contributed by atoms with Gasteiger partial charge in [0.05, 0.1) is 12.2 Å². The zero-order valence-electron chi connectivity index (χ0n) is 24.4. The Morgan fingerprint density at radius 2 is 1.00 bits per heavy atom. The second kappa shape index (κ2) is 15.8. The van der Waals surface area contributed by atoms with Crippen molar-refractivity contribution >= 4 is 23.8 Å². The third kappa shape index (κ3) is 9.90. The molecule has 0 unspecified atom stereocenters. The molecule has 3 aliphatic rings. The molecule has 232 valence electrons. The first kappa shape index (κ1) is 33.2. The number of amides is 2. The summed E-state index contributed by atoms with van der Waals surface area (Å²) in [5, 5.41) is 25.8. The number of ether oxygens (including phenoxy) is 4. The molecule has 12 heteroatoms. The molecule has 3 rings (SSSR count). The number of fused-ring (bicyclic) bond motifs is 4. The molecule has 10 atom stereocenters. The van der Waals surface area contributed by atoms with Gasteiger partial charge < -0.3 is 39.8 Å². The minimum Gasteiger partial charge on any atom is -0.461 e. The summed E-state index contributed by atoms with van der Waals surface area (Å²) in [6, 6.07) is -1.83. The van der Waals surface area contributed by atoms with Crippen molar-refractivity contribution in [2.45, 2.75) is 89.2 Å². The lowest BCUT2D eigenvalue weighted by molar-refractivity contribution is -0.157. The Bertz CT molecular complexity index is 1000. The highest BCUT2D eigenvalue weighted by atomic mass is 16.6. The molecule has 0 aromatic carbocycles. The standard InChI is InChI=1S/C30H42N2O10/c1-17-7-5-9-27(35)31-19(3)30(38)40-16-26-22(34)12-14-24(42-26)18(2)8-6-10-28(36)32-20(4)29(37)39-15-25-21(33)11-13-23(17)41-25/h5-8,11-14,17-26,33-34H,9-10,15-16H2,1-4H3,(H,31,35)(H,32,36)/b7-5+,8-6+/t17-,18-,19+,20+,21+,22+,23+,24+,25-,26-/m1/s1. The molecule has 2 amide bonds. The average Bonchev–Trinajstić information content (AvgIpc) is 2.95. The maximum Gasteiger partial charge on any atom is 0.328 e. The van der Waals surface area contributed by atoms with E-state index < -0.39 is 60.6 Å².